The second-order valence-electron chi connectivity index (χ2n) is 6.87. The molecule has 19 heavy (non-hydrogen) atoms. The number of nitrogens with zero attached hydrogens (tertiary/aromatic N) is 1. The summed E-state index contributed by atoms with van der Waals surface area (Å²) in [5.74, 6) is 1.44. The van der Waals surface area contributed by atoms with Crippen molar-refractivity contribution in [1.29, 1.82) is 0 Å². The smallest absolute Gasteiger partial charge is 0.213 e. The molecule has 3 nitrogen and oxygen atoms in total. The molecule has 1 aromatic heterocycles. The van der Waals surface area contributed by atoms with Crippen molar-refractivity contribution in [3.8, 4) is 5.88 Å². The van der Waals surface area contributed by atoms with E-state index in [1.807, 2.05) is 25.3 Å². The zero-order chi connectivity index (χ0) is 14.0. The van der Waals surface area contributed by atoms with Gasteiger partial charge in [-0.1, -0.05) is 26.8 Å². The number of aromatic nitrogens is 1. The molecule has 1 aliphatic carbocycles. The van der Waals surface area contributed by atoms with E-state index in [4.69, 9.17) is 10.5 Å². The van der Waals surface area contributed by atoms with Crippen LogP contribution in [0.5, 0.6) is 5.88 Å². The molecule has 2 unspecified atom stereocenters. The Morgan fingerprint density at radius 2 is 2.11 bits per heavy atom. The number of hydrogen-bond acceptors (Lipinski definition) is 3. The fraction of sp³-hybridized carbons (Fsp3) is 0.688. The van der Waals surface area contributed by atoms with Gasteiger partial charge in [-0.25, -0.2) is 4.98 Å². The summed E-state index contributed by atoms with van der Waals surface area (Å²) < 4.78 is 6.04. The molecular formula is C16H26N2O. The van der Waals surface area contributed by atoms with Crippen LogP contribution in [-0.4, -0.2) is 11.1 Å². The lowest BCUT2D eigenvalue weighted by atomic mass is 9.71. The van der Waals surface area contributed by atoms with Gasteiger partial charge in [-0.2, -0.15) is 0 Å². The molecule has 2 rings (SSSR count). The van der Waals surface area contributed by atoms with Crippen molar-refractivity contribution < 1.29 is 4.74 Å². The van der Waals surface area contributed by atoms with Gasteiger partial charge in [0.05, 0.1) is 0 Å². The molecular weight excluding hydrogens is 236 g/mol. The van der Waals surface area contributed by atoms with Gasteiger partial charge in [-0.15, -0.1) is 0 Å². The quantitative estimate of drug-likeness (QED) is 0.903. The fourth-order valence-corrected chi connectivity index (χ4v) is 3.25. The lowest BCUT2D eigenvalue weighted by molar-refractivity contribution is 0.0532. The van der Waals surface area contributed by atoms with Crippen LogP contribution in [0.25, 0.3) is 0 Å². The van der Waals surface area contributed by atoms with Crippen molar-refractivity contribution in [3.05, 3.63) is 23.9 Å². The number of hydrogen-bond donors (Lipinski definition) is 1. The minimum absolute atomic E-state index is 0.0233. The van der Waals surface area contributed by atoms with Crippen LogP contribution in [-0.2, 0) is 0 Å². The van der Waals surface area contributed by atoms with E-state index in [9.17, 15) is 0 Å². The van der Waals surface area contributed by atoms with Crippen molar-refractivity contribution in [2.75, 3.05) is 0 Å². The zero-order valence-electron chi connectivity index (χ0n) is 12.5. The van der Waals surface area contributed by atoms with E-state index in [2.05, 4.69) is 25.8 Å². The first-order valence-electron chi connectivity index (χ1n) is 7.24. The maximum atomic E-state index is 6.04. The van der Waals surface area contributed by atoms with Gasteiger partial charge in [0.2, 0.25) is 5.88 Å². The molecule has 1 heterocycles. The number of rotatable bonds is 3. The molecule has 1 fully saturated rings. The number of ether oxygens (including phenoxy) is 1. The van der Waals surface area contributed by atoms with Gasteiger partial charge in [0.15, 0.2) is 0 Å². The predicted molar refractivity (Wildman–Crippen MR) is 78.1 cm³/mol. The highest BCUT2D eigenvalue weighted by molar-refractivity contribution is 5.20. The molecule has 3 heteroatoms. The van der Waals surface area contributed by atoms with Crippen LogP contribution in [0.2, 0.25) is 0 Å². The second kappa shape index (κ2) is 5.49. The second-order valence-corrected chi connectivity index (χ2v) is 6.87. The third-order valence-electron chi connectivity index (χ3n) is 3.92. The largest absolute Gasteiger partial charge is 0.474 e. The molecule has 0 aliphatic heterocycles. The van der Waals surface area contributed by atoms with Crippen molar-refractivity contribution >= 4 is 0 Å². The molecule has 0 spiro atoms. The third kappa shape index (κ3) is 3.93. The van der Waals surface area contributed by atoms with Gasteiger partial charge in [-0.05, 0) is 43.1 Å². The maximum absolute atomic E-state index is 6.04. The lowest BCUT2D eigenvalue weighted by Crippen LogP contribution is -2.34. The summed E-state index contributed by atoms with van der Waals surface area (Å²) in [6.07, 6.45) is 5.61. The first kappa shape index (κ1) is 14.3. The highest BCUT2D eigenvalue weighted by Gasteiger charge is 2.33. The fourth-order valence-electron chi connectivity index (χ4n) is 3.25. The monoisotopic (exact) mass is 262 g/mol. The van der Waals surface area contributed by atoms with Gasteiger partial charge in [-0.3, -0.25) is 0 Å². The highest BCUT2D eigenvalue weighted by Crippen LogP contribution is 2.39. The van der Waals surface area contributed by atoms with E-state index in [-0.39, 0.29) is 12.1 Å². The van der Waals surface area contributed by atoms with Gasteiger partial charge < -0.3 is 10.5 Å². The third-order valence-corrected chi connectivity index (χ3v) is 3.92. The van der Waals surface area contributed by atoms with Crippen molar-refractivity contribution in [3.63, 3.8) is 0 Å². The van der Waals surface area contributed by atoms with Gasteiger partial charge in [0.25, 0.3) is 0 Å². The minimum atomic E-state index is 0.0233. The van der Waals surface area contributed by atoms with E-state index in [0.29, 0.717) is 5.41 Å². The Hall–Kier alpha value is -1.09. The Morgan fingerprint density at radius 1 is 1.37 bits per heavy atom. The number of nitrogens with two attached hydrogens (primary N) is 1. The summed E-state index contributed by atoms with van der Waals surface area (Å²) in [6, 6.07) is 3.96. The zero-order valence-corrected chi connectivity index (χ0v) is 12.5. The predicted octanol–water partition coefficient (Wildman–Crippen LogP) is 3.69. The summed E-state index contributed by atoms with van der Waals surface area (Å²) in [6.45, 7) is 8.92. The SMILES string of the molecule is CC1CC(Oc2ccc([C@H](C)N)cn2)CC(C)(C)C1. The molecule has 2 N–H and O–H groups in total. The summed E-state index contributed by atoms with van der Waals surface area (Å²) in [4.78, 5) is 4.36. The van der Waals surface area contributed by atoms with Crippen molar-refractivity contribution in [2.24, 2.45) is 17.1 Å². The Kier molecular flexibility index (Phi) is 4.14. The molecule has 0 aromatic carbocycles. The normalized spacial score (nSPS) is 27.8. The lowest BCUT2D eigenvalue weighted by Gasteiger charge is -2.38. The Balaban J connectivity index is 2.00. The van der Waals surface area contributed by atoms with E-state index in [0.717, 1.165) is 30.2 Å². The standard InChI is InChI=1S/C16H26N2O/c1-11-7-14(9-16(3,4)8-11)19-15-6-5-13(10-18-15)12(2)17/h5-6,10-12,14H,7-9,17H2,1-4H3/t11?,12-,14?/m0/s1. The van der Waals surface area contributed by atoms with Crippen LogP contribution in [0.4, 0.5) is 0 Å². The van der Waals surface area contributed by atoms with Crippen LogP contribution < -0.4 is 10.5 Å². The molecule has 1 saturated carbocycles. The van der Waals surface area contributed by atoms with Crippen LogP contribution in [0.3, 0.4) is 0 Å². The Bertz CT molecular complexity index is 411. The molecule has 0 saturated heterocycles. The average molecular weight is 262 g/mol. The maximum Gasteiger partial charge on any atom is 0.213 e. The molecule has 1 aromatic rings. The van der Waals surface area contributed by atoms with Gasteiger partial charge in [0, 0.05) is 18.3 Å². The first-order valence-corrected chi connectivity index (χ1v) is 7.24. The summed E-state index contributed by atoms with van der Waals surface area (Å²) in [7, 11) is 0. The summed E-state index contributed by atoms with van der Waals surface area (Å²) in [5.41, 5.74) is 7.24. The average Bonchev–Trinajstić information content (AvgIpc) is 2.26. The van der Waals surface area contributed by atoms with Crippen LogP contribution >= 0.6 is 0 Å². The van der Waals surface area contributed by atoms with E-state index < -0.39 is 0 Å². The topological polar surface area (TPSA) is 48.1 Å². The van der Waals surface area contributed by atoms with Crippen LogP contribution in [0, 0.1) is 11.3 Å². The minimum Gasteiger partial charge on any atom is -0.474 e. The van der Waals surface area contributed by atoms with E-state index >= 15 is 0 Å². The van der Waals surface area contributed by atoms with Crippen LogP contribution in [0.15, 0.2) is 18.3 Å². The number of pyridine rings is 1. The van der Waals surface area contributed by atoms with E-state index in [1.54, 1.807) is 0 Å². The molecule has 106 valence electrons. The molecule has 1 aliphatic rings. The molecule has 0 radical (unpaired) electrons. The molecule has 3 atom stereocenters. The summed E-state index contributed by atoms with van der Waals surface area (Å²) >= 11 is 0. The van der Waals surface area contributed by atoms with Crippen molar-refractivity contribution in [1.82, 2.24) is 4.98 Å². The van der Waals surface area contributed by atoms with Crippen LogP contribution in [0.1, 0.15) is 58.6 Å². The van der Waals surface area contributed by atoms with Gasteiger partial charge in [0.1, 0.15) is 6.10 Å². The van der Waals surface area contributed by atoms with E-state index in [1.165, 1.54) is 6.42 Å². The summed E-state index contributed by atoms with van der Waals surface area (Å²) in [5, 5.41) is 0. The molecule has 0 amide bonds. The Labute approximate surface area is 116 Å². The van der Waals surface area contributed by atoms with Crippen molar-refractivity contribution in [2.45, 2.75) is 59.1 Å². The molecule has 0 bridgehead atoms. The Morgan fingerprint density at radius 3 is 2.63 bits per heavy atom. The highest BCUT2D eigenvalue weighted by atomic mass is 16.5. The van der Waals surface area contributed by atoms with Gasteiger partial charge >= 0.3 is 0 Å². The first-order chi connectivity index (χ1) is 8.85.